The van der Waals surface area contributed by atoms with Gasteiger partial charge in [-0.05, 0) is 24.5 Å². The second-order valence-corrected chi connectivity index (χ2v) is 6.22. The van der Waals surface area contributed by atoms with Crippen LogP contribution in [0.4, 0.5) is 0 Å². The van der Waals surface area contributed by atoms with Crippen LogP contribution in [0.15, 0.2) is 18.2 Å². The average Bonchev–Trinajstić information content (AvgIpc) is 2.46. The lowest BCUT2D eigenvalue weighted by Gasteiger charge is -2.21. The summed E-state index contributed by atoms with van der Waals surface area (Å²) in [7, 11) is -2.01. The molecule has 0 bridgehead atoms. The van der Waals surface area contributed by atoms with E-state index in [9.17, 15) is 9.59 Å². The Morgan fingerprint density at radius 2 is 1.96 bits per heavy atom. The Hall–Kier alpha value is -1.32. The lowest BCUT2D eigenvalue weighted by atomic mass is 10.1. The summed E-state index contributed by atoms with van der Waals surface area (Å²) in [5.41, 5.74) is 0.151. The summed E-state index contributed by atoms with van der Waals surface area (Å²) >= 11 is 11.8. The molecule has 1 atom stereocenters. The lowest BCUT2D eigenvalue weighted by Crippen LogP contribution is -2.45. The number of amides is 2. The maximum Gasteiger partial charge on any atom is 0.635 e. The molecular weight excluding hydrogens is 358 g/mol. The first-order valence-electron chi connectivity index (χ1n) is 7.24. The molecule has 10 heteroatoms. The van der Waals surface area contributed by atoms with Gasteiger partial charge in [0.2, 0.25) is 5.91 Å². The molecule has 0 unspecified atom stereocenters. The van der Waals surface area contributed by atoms with Gasteiger partial charge in [-0.1, -0.05) is 43.1 Å². The molecule has 0 saturated carbocycles. The molecule has 1 aromatic rings. The minimum absolute atomic E-state index is 0.0986. The second-order valence-electron chi connectivity index (χ2n) is 5.43. The number of hydrogen-bond acceptors (Lipinski definition) is 5. The summed E-state index contributed by atoms with van der Waals surface area (Å²) in [6.07, 6.45) is -0.513. The van der Waals surface area contributed by atoms with E-state index < -0.39 is 25.4 Å². The van der Waals surface area contributed by atoms with Gasteiger partial charge in [-0.3, -0.25) is 9.59 Å². The highest BCUT2D eigenvalue weighted by atomic mass is 35.5. The Morgan fingerprint density at radius 1 is 1.29 bits per heavy atom. The zero-order valence-electron chi connectivity index (χ0n) is 13.3. The molecule has 0 fully saturated rings. The van der Waals surface area contributed by atoms with Gasteiger partial charge in [-0.15, -0.1) is 0 Å². The fourth-order valence-electron chi connectivity index (χ4n) is 1.89. The van der Waals surface area contributed by atoms with E-state index in [0.717, 1.165) is 0 Å². The monoisotopic (exact) mass is 376 g/mol. The molecule has 0 saturated heterocycles. The van der Waals surface area contributed by atoms with E-state index >= 15 is 0 Å². The summed E-state index contributed by atoms with van der Waals surface area (Å²) in [5, 5.41) is 22.9. The summed E-state index contributed by atoms with van der Waals surface area (Å²) in [6, 6.07) is 4.59. The van der Waals surface area contributed by atoms with Crippen LogP contribution in [-0.2, 0) is 9.45 Å². The first kappa shape index (κ1) is 20.7. The highest BCUT2D eigenvalue weighted by Gasteiger charge is 2.21. The molecule has 0 radical (unpaired) electrons. The Balaban J connectivity index is 2.57. The molecular formula is C14H19BCl2N2O5. The average molecular weight is 377 g/mol. The Kier molecular flexibility index (Phi) is 8.51. The van der Waals surface area contributed by atoms with E-state index in [1.807, 2.05) is 13.8 Å². The number of rotatable bonds is 8. The van der Waals surface area contributed by atoms with Gasteiger partial charge in [0.15, 0.2) is 0 Å². The Bertz CT molecular complexity index is 576. The lowest BCUT2D eigenvalue weighted by molar-refractivity contribution is -0.123. The van der Waals surface area contributed by atoms with Crippen molar-refractivity contribution in [3.05, 3.63) is 33.8 Å². The smallest absolute Gasteiger partial charge is 0.402 e. The fourth-order valence-corrected chi connectivity index (χ4v) is 2.28. The van der Waals surface area contributed by atoms with E-state index in [0.29, 0.717) is 6.42 Å². The van der Waals surface area contributed by atoms with Crippen molar-refractivity contribution in [2.45, 2.75) is 26.5 Å². The Labute approximate surface area is 150 Å². The van der Waals surface area contributed by atoms with Crippen molar-refractivity contribution in [1.82, 2.24) is 10.6 Å². The van der Waals surface area contributed by atoms with Crippen LogP contribution in [0.2, 0.25) is 10.0 Å². The van der Waals surface area contributed by atoms with Crippen molar-refractivity contribution in [3.8, 4) is 0 Å². The van der Waals surface area contributed by atoms with Crippen LogP contribution in [0.1, 0.15) is 30.6 Å². The van der Waals surface area contributed by atoms with Crippen molar-refractivity contribution in [3.63, 3.8) is 0 Å². The molecule has 0 aliphatic rings. The van der Waals surface area contributed by atoms with Gasteiger partial charge < -0.3 is 25.3 Å². The number of nitrogens with one attached hydrogen (secondary N) is 2. The summed E-state index contributed by atoms with van der Waals surface area (Å²) < 4.78 is 4.79. The van der Waals surface area contributed by atoms with E-state index in [1.165, 1.54) is 6.07 Å². The molecule has 2 amide bonds. The molecule has 4 N–H and O–H groups in total. The molecule has 1 rings (SSSR count). The molecule has 0 spiro atoms. The molecule has 0 aliphatic heterocycles. The van der Waals surface area contributed by atoms with Crippen LogP contribution in [-0.4, -0.2) is 42.0 Å². The summed E-state index contributed by atoms with van der Waals surface area (Å²) in [6.45, 7) is 3.44. The molecule has 7 nitrogen and oxygen atoms in total. The summed E-state index contributed by atoms with van der Waals surface area (Å²) in [5.74, 6) is -0.956. The highest BCUT2D eigenvalue weighted by Crippen LogP contribution is 2.25. The normalized spacial score (nSPS) is 12.0. The molecule has 132 valence electrons. The zero-order valence-corrected chi connectivity index (χ0v) is 14.8. The predicted molar refractivity (Wildman–Crippen MR) is 91.5 cm³/mol. The van der Waals surface area contributed by atoms with Crippen molar-refractivity contribution in [2.24, 2.45) is 5.92 Å². The predicted octanol–water partition coefficient (Wildman–Crippen LogP) is 1.20. The van der Waals surface area contributed by atoms with Crippen molar-refractivity contribution in [2.75, 3.05) is 6.54 Å². The van der Waals surface area contributed by atoms with Gasteiger partial charge in [0.05, 0.1) is 22.2 Å². The first-order valence-corrected chi connectivity index (χ1v) is 7.99. The van der Waals surface area contributed by atoms with Gasteiger partial charge in [0, 0.05) is 0 Å². The van der Waals surface area contributed by atoms with Gasteiger partial charge >= 0.3 is 7.32 Å². The van der Waals surface area contributed by atoms with E-state index in [-0.39, 0.29) is 28.1 Å². The highest BCUT2D eigenvalue weighted by molar-refractivity contribution is 6.43. The molecule has 0 aromatic heterocycles. The van der Waals surface area contributed by atoms with E-state index in [1.54, 1.807) is 12.1 Å². The number of hydrogen-bond donors (Lipinski definition) is 4. The van der Waals surface area contributed by atoms with Crippen LogP contribution in [0.5, 0.6) is 0 Å². The summed E-state index contributed by atoms with van der Waals surface area (Å²) in [4.78, 5) is 23.9. The minimum atomic E-state index is -2.01. The largest absolute Gasteiger partial charge is 0.635 e. The second kappa shape index (κ2) is 9.85. The SMILES string of the molecule is CC(C)C[C@H](NC(=O)CNC(=O)c1cccc(Cl)c1Cl)OB(O)O. The van der Waals surface area contributed by atoms with E-state index in [2.05, 4.69) is 10.6 Å². The quantitative estimate of drug-likeness (QED) is 0.402. The molecule has 1 aromatic carbocycles. The first-order chi connectivity index (χ1) is 11.2. The van der Waals surface area contributed by atoms with E-state index in [4.69, 9.17) is 37.9 Å². The van der Waals surface area contributed by atoms with Crippen LogP contribution < -0.4 is 10.6 Å². The third-order valence-corrected chi connectivity index (χ3v) is 3.72. The maximum atomic E-state index is 12.0. The third kappa shape index (κ3) is 7.06. The zero-order chi connectivity index (χ0) is 18.3. The van der Waals surface area contributed by atoms with Crippen molar-refractivity contribution >= 4 is 42.3 Å². The van der Waals surface area contributed by atoms with Gasteiger partial charge in [-0.2, -0.15) is 0 Å². The topological polar surface area (TPSA) is 108 Å². The van der Waals surface area contributed by atoms with Crippen molar-refractivity contribution in [1.29, 1.82) is 0 Å². The maximum absolute atomic E-state index is 12.0. The molecule has 0 heterocycles. The van der Waals surface area contributed by atoms with Gasteiger partial charge in [-0.25, -0.2) is 0 Å². The van der Waals surface area contributed by atoms with Gasteiger partial charge in [0.1, 0.15) is 6.23 Å². The van der Waals surface area contributed by atoms with Crippen LogP contribution >= 0.6 is 23.2 Å². The Morgan fingerprint density at radius 3 is 2.54 bits per heavy atom. The minimum Gasteiger partial charge on any atom is -0.402 e. The van der Waals surface area contributed by atoms with Gasteiger partial charge in [0.25, 0.3) is 5.91 Å². The number of halogens is 2. The molecule has 0 aliphatic carbocycles. The van der Waals surface area contributed by atoms with Crippen molar-refractivity contribution < 1.29 is 24.3 Å². The van der Waals surface area contributed by atoms with Crippen LogP contribution in [0.25, 0.3) is 0 Å². The van der Waals surface area contributed by atoms with Crippen LogP contribution in [0.3, 0.4) is 0 Å². The van der Waals surface area contributed by atoms with Crippen LogP contribution in [0, 0.1) is 5.92 Å². The number of carbonyl (C=O) groups excluding carboxylic acids is 2. The standard InChI is InChI=1S/C14H19BCl2N2O5/c1-8(2)6-12(24-15(22)23)19-11(20)7-18-14(21)9-4-3-5-10(16)13(9)17/h3-5,8,12,22-23H,6-7H2,1-2H3,(H,18,21)(H,19,20)/t12-/m1/s1. The fraction of sp³-hybridized carbons (Fsp3) is 0.429. The third-order valence-electron chi connectivity index (χ3n) is 2.90. The molecule has 24 heavy (non-hydrogen) atoms. The number of carbonyl (C=O) groups is 2. The number of benzene rings is 1.